The molecule has 0 amide bonds. The molecule has 0 rings (SSSR count). The Balaban J connectivity index is 4.01. The zero-order valence-corrected chi connectivity index (χ0v) is 7.50. The van der Waals surface area contributed by atoms with Gasteiger partial charge in [0.2, 0.25) is 0 Å². The number of hydrogen-bond acceptors (Lipinski definition) is 4. The van der Waals surface area contributed by atoms with E-state index in [4.69, 9.17) is 5.73 Å². The van der Waals surface area contributed by atoms with Crippen molar-refractivity contribution >= 4 is 5.97 Å². The van der Waals surface area contributed by atoms with Gasteiger partial charge in [-0.2, -0.15) is 0 Å². The summed E-state index contributed by atoms with van der Waals surface area (Å²) in [7, 11) is 5.07. The first-order valence-corrected chi connectivity index (χ1v) is 3.50. The van der Waals surface area contributed by atoms with Crippen LogP contribution in [-0.2, 0) is 9.53 Å². The highest BCUT2D eigenvalue weighted by molar-refractivity contribution is 5.76. The minimum Gasteiger partial charge on any atom is -0.468 e. The van der Waals surface area contributed by atoms with Crippen LogP contribution in [-0.4, -0.2) is 44.2 Å². The first-order valence-electron chi connectivity index (χ1n) is 3.50. The Morgan fingerprint density at radius 1 is 1.55 bits per heavy atom. The van der Waals surface area contributed by atoms with E-state index in [1.165, 1.54) is 7.11 Å². The SMILES string of the molecule is COC(=O)C(N)C(C)N(C)C. The Kier molecular flexibility index (Phi) is 4.07. The molecule has 0 fully saturated rings. The van der Waals surface area contributed by atoms with E-state index < -0.39 is 6.04 Å². The van der Waals surface area contributed by atoms with Crippen molar-refractivity contribution < 1.29 is 9.53 Å². The van der Waals surface area contributed by atoms with Crippen molar-refractivity contribution in [1.82, 2.24) is 4.90 Å². The molecule has 0 aromatic heterocycles. The van der Waals surface area contributed by atoms with Crippen LogP contribution in [0.2, 0.25) is 0 Å². The van der Waals surface area contributed by atoms with E-state index >= 15 is 0 Å². The predicted octanol–water partition coefficient (Wildman–Crippen LogP) is -0.563. The fourth-order valence-electron chi connectivity index (χ4n) is 0.654. The van der Waals surface area contributed by atoms with E-state index in [1.54, 1.807) is 0 Å². The van der Waals surface area contributed by atoms with E-state index in [1.807, 2.05) is 25.9 Å². The van der Waals surface area contributed by atoms with Crippen LogP contribution in [0, 0.1) is 0 Å². The van der Waals surface area contributed by atoms with Crippen LogP contribution in [0.5, 0.6) is 0 Å². The Hall–Kier alpha value is -0.610. The molecule has 66 valence electrons. The number of carbonyl (C=O) groups is 1. The molecule has 4 nitrogen and oxygen atoms in total. The second-order valence-corrected chi connectivity index (χ2v) is 2.75. The molecular weight excluding hydrogens is 144 g/mol. The van der Waals surface area contributed by atoms with E-state index in [-0.39, 0.29) is 12.0 Å². The van der Waals surface area contributed by atoms with Crippen LogP contribution in [0.25, 0.3) is 0 Å². The van der Waals surface area contributed by atoms with Gasteiger partial charge in [-0.05, 0) is 21.0 Å². The van der Waals surface area contributed by atoms with Crippen LogP contribution in [0.4, 0.5) is 0 Å². The maximum Gasteiger partial charge on any atom is 0.324 e. The summed E-state index contributed by atoms with van der Waals surface area (Å²) in [6.07, 6.45) is 0. The van der Waals surface area contributed by atoms with E-state index in [9.17, 15) is 4.79 Å². The standard InChI is InChI=1S/C7H16N2O2/c1-5(9(2)3)6(8)7(10)11-4/h5-6H,8H2,1-4H3. The van der Waals surface area contributed by atoms with Crippen LogP contribution < -0.4 is 5.73 Å². The second-order valence-electron chi connectivity index (χ2n) is 2.75. The first-order chi connectivity index (χ1) is 5.00. The van der Waals surface area contributed by atoms with Gasteiger partial charge in [0, 0.05) is 6.04 Å². The van der Waals surface area contributed by atoms with Crippen molar-refractivity contribution in [3.05, 3.63) is 0 Å². The average molecular weight is 160 g/mol. The molecule has 0 saturated heterocycles. The van der Waals surface area contributed by atoms with E-state index in [0.29, 0.717) is 0 Å². The minimum atomic E-state index is -0.560. The van der Waals surface area contributed by atoms with Crippen molar-refractivity contribution in [2.24, 2.45) is 5.73 Å². The van der Waals surface area contributed by atoms with Gasteiger partial charge in [0.15, 0.2) is 0 Å². The minimum absolute atomic E-state index is 0.00227. The van der Waals surface area contributed by atoms with E-state index in [2.05, 4.69) is 4.74 Å². The van der Waals surface area contributed by atoms with Crippen LogP contribution >= 0.6 is 0 Å². The fourth-order valence-corrected chi connectivity index (χ4v) is 0.654. The lowest BCUT2D eigenvalue weighted by atomic mass is 10.1. The van der Waals surface area contributed by atoms with Gasteiger partial charge in [-0.15, -0.1) is 0 Å². The summed E-state index contributed by atoms with van der Waals surface area (Å²) in [5.74, 6) is -0.369. The normalized spacial score (nSPS) is 16.2. The molecule has 0 aromatic rings. The smallest absolute Gasteiger partial charge is 0.324 e. The number of hydrogen-bond donors (Lipinski definition) is 1. The van der Waals surface area contributed by atoms with Crippen molar-refractivity contribution in [2.45, 2.75) is 19.0 Å². The van der Waals surface area contributed by atoms with Gasteiger partial charge in [-0.1, -0.05) is 0 Å². The van der Waals surface area contributed by atoms with Crippen molar-refractivity contribution in [1.29, 1.82) is 0 Å². The summed E-state index contributed by atoms with van der Waals surface area (Å²) in [4.78, 5) is 12.8. The van der Waals surface area contributed by atoms with Gasteiger partial charge in [0.05, 0.1) is 7.11 Å². The number of rotatable bonds is 3. The third-order valence-corrected chi connectivity index (χ3v) is 1.81. The molecule has 0 spiro atoms. The van der Waals surface area contributed by atoms with E-state index in [0.717, 1.165) is 0 Å². The summed E-state index contributed by atoms with van der Waals surface area (Å²) in [6, 6.07) is -0.558. The number of methoxy groups -OCH3 is 1. The van der Waals surface area contributed by atoms with Gasteiger partial charge in [0.25, 0.3) is 0 Å². The third kappa shape index (κ3) is 2.86. The molecule has 4 heteroatoms. The number of nitrogens with two attached hydrogens (primary N) is 1. The van der Waals surface area contributed by atoms with Crippen LogP contribution in [0.15, 0.2) is 0 Å². The molecule has 2 N–H and O–H groups in total. The van der Waals surface area contributed by atoms with Crippen molar-refractivity contribution in [3.8, 4) is 0 Å². The highest BCUT2D eigenvalue weighted by Crippen LogP contribution is 1.98. The molecule has 0 saturated carbocycles. The predicted molar refractivity (Wildman–Crippen MR) is 43.1 cm³/mol. The lowest BCUT2D eigenvalue weighted by molar-refractivity contribution is -0.143. The van der Waals surface area contributed by atoms with Gasteiger partial charge in [-0.3, -0.25) is 4.79 Å². The molecular formula is C7H16N2O2. The molecule has 0 radical (unpaired) electrons. The fraction of sp³-hybridized carbons (Fsp3) is 0.857. The molecule has 0 aliphatic heterocycles. The highest BCUT2D eigenvalue weighted by atomic mass is 16.5. The molecule has 11 heavy (non-hydrogen) atoms. The monoisotopic (exact) mass is 160 g/mol. The number of carbonyl (C=O) groups excluding carboxylic acids is 1. The topological polar surface area (TPSA) is 55.6 Å². The average Bonchev–Trinajstić information content (AvgIpc) is 2.00. The molecule has 2 atom stereocenters. The van der Waals surface area contributed by atoms with Crippen molar-refractivity contribution in [3.63, 3.8) is 0 Å². The molecule has 2 unspecified atom stereocenters. The summed E-state index contributed by atoms with van der Waals surface area (Å²) in [5, 5.41) is 0. The molecule has 0 aliphatic carbocycles. The number of esters is 1. The number of nitrogens with zero attached hydrogens (tertiary/aromatic N) is 1. The Labute approximate surface area is 67.3 Å². The molecule has 0 bridgehead atoms. The van der Waals surface area contributed by atoms with Gasteiger partial charge < -0.3 is 15.4 Å². The van der Waals surface area contributed by atoms with Gasteiger partial charge >= 0.3 is 5.97 Å². The molecule has 0 aliphatic rings. The van der Waals surface area contributed by atoms with Crippen molar-refractivity contribution in [2.75, 3.05) is 21.2 Å². The summed E-state index contributed by atoms with van der Waals surface area (Å²) in [5.41, 5.74) is 5.56. The third-order valence-electron chi connectivity index (χ3n) is 1.81. The summed E-state index contributed by atoms with van der Waals surface area (Å²) >= 11 is 0. The zero-order chi connectivity index (χ0) is 9.02. The maximum absolute atomic E-state index is 10.9. The lowest BCUT2D eigenvalue weighted by Gasteiger charge is -2.23. The lowest BCUT2D eigenvalue weighted by Crippen LogP contribution is -2.47. The highest BCUT2D eigenvalue weighted by Gasteiger charge is 2.22. The second kappa shape index (κ2) is 4.31. The first kappa shape index (κ1) is 10.4. The van der Waals surface area contributed by atoms with Gasteiger partial charge in [-0.25, -0.2) is 0 Å². The Morgan fingerprint density at radius 2 is 2.00 bits per heavy atom. The van der Waals surface area contributed by atoms with Crippen LogP contribution in [0.3, 0.4) is 0 Å². The summed E-state index contributed by atoms with van der Waals surface area (Å²) in [6.45, 7) is 1.88. The largest absolute Gasteiger partial charge is 0.468 e. The molecule has 0 heterocycles. The van der Waals surface area contributed by atoms with Crippen LogP contribution in [0.1, 0.15) is 6.92 Å². The van der Waals surface area contributed by atoms with Gasteiger partial charge in [0.1, 0.15) is 6.04 Å². The summed E-state index contributed by atoms with van der Waals surface area (Å²) < 4.78 is 4.49. The quantitative estimate of drug-likeness (QED) is 0.562. The Bertz CT molecular complexity index is 136. The molecule has 0 aromatic carbocycles. The number of ether oxygens (including phenoxy) is 1. The number of likely N-dealkylation sites (N-methyl/N-ethyl adjacent to an activating group) is 1. The Morgan fingerprint density at radius 3 is 2.27 bits per heavy atom. The maximum atomic E-state index is 10.9. The zero-order valence-electron chi connectivity index (χ0n) is 7.50.